The summed E-state index contributed by atoms with van der Waals surface area (Å²) >= 11 is 0.898. The third-order valence-corrected chi connectivity index (χ3v) is 3.30. The number of amides is 1. The molecule has 1 aromatic carbocycles. The van der Waals surface area contributed by atoms with Crippen LogP contribution in [0.1, 0.15) is 20.0 Å². The number of phenolic OH excluding ortho intramolecular Hbond substituents is 2. The topological polar surface area (TPSA) is 107 Å². The van der Waals surface area contributed by atoms with Gasteiger partial charge in [0.15, 0.2) is 11.5 Å². The Balaban J connectivity index is 2.21. The number of nitrogens with one attached hydrogen (secondary N) is 1. The van der Waals surface area contributed by atoms with Gasteiger partial charge >= 0.3 is 5.97 Å². The number of benzene rings is 1. The molecule has 2 rings (SSSR count). The molecule has 2 aromatic rings. The second kappa shape index (κ2) is 4.99. The summed E-state index contributed by atoms with van der Waals surface area (Å²) < 4.78 is 0. The highest BCUT2D eigenvalue weighted by molar-refractivity contribution is 7.18. The lowest BCUT2D eigenvalue weighted by Crippen LogP contribution is -2.10. The zero-order valence-corrected chi connectivity index (χ0v) is 10.3. The Labute approximate surface area is 111 Å². The van der Waals surface area contributed by atoms with Crippen molar-refractivity contribution in [3.8, 4) is 11.5 Å². The largest absolute Gasteiger partial charge is 0.504 e. The van der Waals surface area contributed by atoms with Crippen molar-refractivity contribution in [1.29, 1.82) is 0 Å². The second-order valence-corrected chi connectivity index (χ2v) is 4.68. The van der Waals surface area contributed by atoms with E-state index in [0.717, 1.165) is 11.3 Å². The lowest BCUT2D eigenvalue weighted by atomic mass is 10.2. The van der Waals surface area contributed by atoms with Crippen LogP contribution in [0.5, 0.6) is 11.5 Å². The Morgan fingerprint density at radius 3 is 2.47 bits per heavy atom. The van der Waals surface area contributed by atoms with Crippen LogP contribution in [0.2, 0.25) is 0 Å². The van der Waals surface area contributed by atoms with Crippen LogP contribution >= 0.6 is 11.3 Å². The average Bonchev–Trinajstić information content (AvgIpc) is 2.81. The Morgan fingerprint density at radius 1 is 1.11 bits per heavy atom. The lowest BCUT2D eigenvalue weighted by Gasteiger charge is -2.05. The first-order valence-corrected chi connectivity index (χ1v) is 5.96. The molecule has 1 heterocycles. The number of carbonyl (C=O) groups is 2. The molecule has 0 aliphatic heterocycles. The van der Waals surface area contributed by atoms with Gasteiger partial charge in [-0.3, -0.25) is 4.79 Å². The monoisotopic (exact) mass is 279 g/mol. The van der Waals surface area contributed by atoms with Gasteiger partial charge in [-0.2, -0.15) is 0 Å². The smallest absolute Gasteiger partial charge is 0.345 e. The molecule has 0 saturated carbocycles. The maximum absolute atomic E-state index is 11.8. The standard InChI is InChI=1S/C12H9NO5S/c14-7-3-1-2-6(10(7)15)11(16)13-9-5-4-8(19-9)12(17)18/h1-5,14-15H,(H,13,16)(H,17,18). The maximum Gasteiger partial charge on any atom is 0.345 e. The summed E-state index contributed by atoms with van der Waals surface area (Å²) in [5.74, 6) is -2.63. The van der Waals surface area contributed by atoms with E-state index in [1.54, 1.807) is 0 Å². The summed E-state index contributed by atoms with van der Waals surface area (Å²) in [4.78, 5) is 22.6. The number of carboxylic acid groups (broad SMARTS) is 1. The molecule has 0 aliphatic rings. The summed E-state index contributed by atoms with van der Waals surface area (Å²) in [7, 11) is 0. The van der Waals surface area contributed by atoms with Crippen molar-refractivity contribution in [2.45, 2.75) is 0 Å². The predicted octanol–water partition coefficient (Wildman–Crippen LogP) is 2.11. The molecule has 6 nitrogen and oxygen atoms in total. The molecule has 19 heavy (non-hydrogen) atoms. The van der Waals surface area contributed by atoms with Gasteiger partial charge in [0, 0.05) is 0 Å². The Morgan fingerprint density at radius 2 is 1.84 bits per heavy atom. The minimum absolute atomic E-state index is 0.0923. The first-order chi connectivity index (χ1) is 8.99. The summed E-state index contributed by atoms with van der Waals surface area (Å²) in [6, 6.07) is 6.83. The van der Waals surface area contributed by atoms with E-state index in [4.69, 9.17) is 5.11 Å². The van der Waals surface area contributed by atoms with Gasteiger partial charge in [0.2, 0.25) is 0 Å². The van der Waals surface area contributed by atoms with E-state index in [0.29, 0.717) is 5.00 Å². The number of carboxylic acids is 1. The summed E-state index contributed by atoms with van der Waals surface area (Å²) in [6.07, 6.45) is 0. The van der Waals surface area contributed by atoms with Gasteiger partial charge in [-0.25, -0.2) is 4.79 Å². The second-order valence-electron chi connectivity index (χ2n) is 3.60. The van der Waals surface area contributed by atoms with Crippen molar-refractivity contribution in [3.05, 3.63) is 40.8 Å². The maximum atomic E-state index is 11.8. The van der Waals surface area contributed by atoms with Crippen molar-refractivity contribution >= 4 is 28.2 Å². The highest BCUT2D eigenvalue weighted by Crippen LogP contribution is 2.29. The van der Waals surface area contributed by atoms with Gasteiger partial charge in [0.05, 0.1) is 10.6 Å². The zero-order chi connectivity index (χ0) is 14.0. The Kier molecular flexibility index (Phi) is 3.39. The van der Waals surface area contributed by atoms with Crippen molar-refractivity contribution in [1.82, 2.24) is 0 Å². The first-order valence-electron chi connectivity index (χ1n) is 5.14. The molecule has 0 atom stereocenters. The molecule has 1 amide bonds. The van der Waals surface area contributed by atoms with E-state index in [-0.39, 0.29) is 10.4 Å². The van der Waals surface area contributed by atoms with Crippen LogP contribution in [0.15, 0.2) is 30.3 Å². The molecule has 0 aliphatic carbocycles. The summed E-state index contributed by atoms with van der Waals surface area (Å²) in [5.41, 5.74) is -0.0923. The summed E-state index contributed by atoms with van der Waals surface area (Å²) in [5, 5.41) is 30.4. The number of thiophene rings is 1. The van der Waals surface area contributed by atoms with Crippen LogP contribution in [0.3, 0.4) is 0 Å². The molecule has 0 radical (unpaired) electrons. The van der Waals surface area contributed by atoms with Crippen LogP contribution < -0.4 is 5.32 Å². The number of hydrogen-bond donors (Lipinski definition) is 4. The van der Waals surface area contributed by atoms with Crippen molar-refractivity contribution in [2.24, 2.45) is 0 Å². The first kappa shape index (κ1) is 12.9. The SMILES string of the molecule is O=C(O)c1ccc(NC(=O)c2cccc(O)c2O)s1. The minimum atomic E-state index is -1.08. The predicted molar refractivity (Wildman–Crippen MR) is 69.0 cm³/mol. The number of anilines is 1. The van der Waals surface area contributed by atoms with Gasteiger partial charge < -0.3 is 20.6 Å². The number of phenols is 2. The van der Waals surface area contributed by atoms with Gasteiger partial charge in [-0.05, 0) is 24.3 Å². The molecule has 0 bridgehead atoms. The molecular weight excluding hydrogens is 270 g/mol. The molecule has 0 unspecified atom stereocenters. The fourth-order valence-electron chi connectivity index (χ4n) is 1.41. The third-order valence-electron chi connectivity index (χ3n) is 2.31. The van der Waals surface area contributed by atoms with Crippen LogP contribution in [-0.4, -0.2) is 27.2 Å². The van der Waals surface area contributed by atoms with Gasteiger partial charge in [-0.15, -0.1) is 11.3 Å². The van der Waals surface area contributed by atoms with Crippen LogP contribution in [0, 0.1) is 0 Å². The van der Waals surface area contributed by atoms with Crippen molar-refractivity contribution < 1.29 is 24.9 Å². The number of hydrogen-bond acceptors (Lipinski definition) is 5. The van der Waals surface area contributed by atoms with E-state index >= 15 is 0 Å². The Bertz CT molecular complexity index is 649. The average molecular weight is 279 g/mol. The molecule has 0 saturated heterocycles. The summed E-state index contributed by atoms with van der Waals surface area (Å²) in [6.45, 7) is 0. The highest BCUT2D eigenvalue weighted by Gasteiger charge is 2.15. The van der Waals surface area contributed by atoms with Crippen LogP contribution in [0.4, 0.5) is 5.00 Å². The fourth-order valence-corrected chi connectivity index (χ4v) is 2.15. The number of aromatic carboxylic acids is 1. The molecular formula is C12H9NO5S. The van der Waals surface area contributed by atoms with Crippen molar-refractivity contribution in [2.75, 3.05) is 5.32 Å². The molecule has 0 fully saturated rings. The highest BCUT2D eigenvalue weighted by atomic mass is 32.1. The number of para-hydroxylation sites is 1. The molecule has 0 spiro atoms. The lowest BCUT2D eigenvalue weighted by molar-refractivity contribution is 0.0702. The van der Waals surface area contributed by atoms with E-state index in [2.05, 4.69) is 5.32 Å². The Hall–Kier alpha value is -2.54. The molecule has 98 valence electrons. The zero-order valence-electron chi connectivity index (χ0n) is 9.45. The van der Waals surface area contributed by atoms with Crippen LogP contribution in [0.25, 0.3) is 0 Å². The van der Waals surface area contributed by atoms with Gasteiger partial charge in [0.1, 0.15) is 4.88 Å². The molecule has 1 aromatic heterocycles. The minimum Gasteiger partial charge on any atom is -0.504 e. The normalized spacial score (nSPS) is 10.1. The number of aromatic hydroxyl groups is 2. The number of carbonyl (C=O) groups excluding carboxylic acids is 1. The number of rotatable bonds is 3. The van der Waals surface area contributed by atoms with Crippen molar-refractivity contribution in [3.63, 3.8) is 0 Å². The van der Waals surface area contributed by atoms with E-state index in [1.165, 1.54) is 30.3 Å². The fraction of sp³-hybridized carbons (Fsp3) is 0. The molecule has 4 N–H and O–H groups in total. The van der Waals surface area contributed by atoms with E-state index in [1.807, 2.05) is 0 Å². The van der Waals surface area contributed by atoms with E-state index in [9.17, 15) is 19.8 Å². The molecule has 7 heteroatoms. The van der Waals surface area contributed by atoms with Crippen LogP contribution in [-0.2, 0) is 0 Å². The van der Waals surface area contributed by atoms with Gasteiger partial charge in [0.25, 0.3) is 5.91 Å². The van der Waals surface area contributed by atoms with Gasteiger partial charge in [-0.1, -0.05) is 6.07 Å². The van der Waals surface area contributed by atoms with E-state index < -0.39 is 23.4 Å². The quantitative estimate of drug-likeness (QED) is 0.644. The third kappa shape index (κ3) is 2.66.